The third-order valence-electron chi connectivity index (χ3n) is 3.44. The van der Waals surface area contributed by atoms with Gasteiger partial charge >= 0.3 is 0 Å². The van der Waals surface area contributed by atoms with Gasteiger partial charge in [0.1, 0.15) is 4.83 Å². The van der Waals surface area contributed by atoms with Crippen molar-refractivity contribution >= 4 is 43.0 Å². The summed E-state index contributed by atoms with van der Waals surface area (Å²) in [7, 11) is -1.47. The molecule has 3 rings (SSSR count). The van der Waals surface area contributed by atoms with Crippen LogP contribution in [0, 0.1) is 6.92 Å². The number of amides is 1. The van der Waals surface area contributed by atoms with E-state index in [0.717, 1.165) is 22.2 Å². The van der Waals surface area contributed by atoms with Crippen LogP contribution in [-0.2, 0) is 16.9 Å². The van der Waals surface area contributed by atoms with E-state index in [2.05, 4.69) is 10.4 Å². The highest BCUT2D eigenvalue weighted by Gasteiger charge is 2.16. The van der Waals surface area contributed by atoms with Gasteiger partial charge in [0.15, 0.2) is 9.84 Å². The van der Waals surface area contributed by atoms with Gasteiger partial charge in [0.25, 0.3) is 5.91 Å². The maximum Gasteiger partial charge on any atom is 0.265 e. The molecule has 8 heteroatoms. The fourth-order valence-electron chi connectivity index (χ4n) is 2.31. The molecule has 1 N–H and O–H groups in total. The molecule has 0 aliphatic rings. The lowest BCUT2D eigenvalue weighted by molar-refractivity contribution is 0.103. The molecule has 1 amide bonds. The minimum Gasteiger partial charge on any atom is -0.321 e. The van der Waals surface area contributed by atoms with Gasteiger partial charge in [0, 0.05) is 24.4 Å². The molecule has 2 aromatic heterocycles. The van der Waals surface area contributed by atoms with Crippen molar-refractivity contribution in [1.82, 2.24) is 9.78 Å². The van der Waals surface area contributed by atoms with Gasteiger partial charge in [-0.05, 0) is 31.2 Å². The highest BCUT2D eigenvalue weighted by atomic mass is 32.2. The van der Waals surface area contributed by atoms with E-state index in [-0.39, 0.29) is 10.8 Å². The number of aromatic nitrogens is 2. The largest absolute Gasteiger partial charge is 0.321 e. The van der Waals surface area contributed by atoms with Gasteiger partial charge in [0.05, 0.1) is 15.5 Å². The van der Waals surface area contributed by atoms with Crippen molar-refractivity contribution in [3.05, 3.63) is 40.9 Å². The average Bonchev–Trinajstić information content (AvgIpc) is 3.01. The summed E-state index contributed by atoms with van der Waals surface area (Å²) in [6, 6.07) is 8.02. The van der Waals surface area contributed by atoms with Crippen molar-refractivity contribution in [2.45, 2.75) is 11.8 Å². The van der Waals surface area contributed by atoms with Crippen LogP contribution in [0.25, 0.3) is 10.2 Å². The summed E-state index contributed by atoms with van der Waals surface area (Å²) in [6.07, 6.45) is 1.13. The minimum absolute atomic E-state index is 0.173. The first-order valence-electron chi connectivity index (χ1n) is 6.80. The summed E-state index contributed by atoms with van der Waals surface area (Å²) < 4.78 is 24.9. The van der Waals surface area contributed by atoms with E-state index in [1.807, 2.05) is 14.0 Å². The van der Waals surface area contributed by atoms with Crippen molar-refractivity contribution in [2.75, 3.05) is 11.6 Å². The molecule has 0 atom stereocenters. The number of hydrogen-bond acceptors (Lipinski definition) is 5. The van der Waals surface area contributed by atoms with Crippen LogP contribution in [0.4, 0.5) is 5.69 Å². The fourth-order valence-corrected chi connectivity index (χ4v) is 4.00. The Morgan fingerprint density at radius 1 is 1.30 bits per heavy atom. The van der Waals surface area contributed by atoms with Gasteiger partial charge in [-0.2, -0.15) is 5.10 Å². The summed E-state index contributed by atoms with van der Waals surface area (Å²) in [5.41, 5.74) is 1.32. The summed E-state index contributed by atoms with van der Waals surface area (Å²) in [6.45, 7) is 1.90. The standard InChI is InChI=1S/C15H15N3O3S2/c1-9-12-8-13(22-15(12)18(2)17-9)14(19)16-10-5-4-6-11(7-10)23(3,20)21/h4-8H,1-3H3,(H,16,19). The number of thiophene rings is 1. The average molecular weight is 349 g/mol. The summed E-state index contributed by atoms with van der Waals surface area (Å²) in [5.74, 6) is -0.267. The monoisotopic (exact) mass is 349 g/mol. The van der Waals surface area contributed by atoms with Crippen molar-refractivity contribution < 1.29 is 13.2 Å². The quantitative estimate of drug-likeness (QED) is 0.788. The van der Waals surface area contributed by atoms with Gasteiger partial charge in [-0.25, -0.2) is 8.42 Å². The predicted molar refractivity (Wildman–Crippen MR) is 90.8 cm³/mol. The Morgan fingerprint density at radius 3 is 2.70 bits per heavy atom. The van der Waals surface area contributed by atoms with Crippen LogP contribution in [0.2, 0.25) is 0 Å². The predicted octanol–water partition coefficient (Wildman–Crippen LogP) is 2.60. The van der Waals surface area contributed by atoms with E-state index in [9.17, 15) is 13.2 Å². The second kappa shape index (κ2) is 5.47. The van der Waals surface area contributed by atoms with E-state index in [1.54, 1.807) is 22.9 Å². The molecule has 0 saturated carbocycles. The van der Waals surface area contributed by atoms with E-state index in [0.29, 0.717) is 10.6 Å². The Bertz CT molecular complexity index is 981. The summed E-state index contributed by atoms with van der Waals surface area (Å²) >= 11 is 1.35. The zero-order valence-corrected chi connectivity index (χ0v) is 14.5. The van der Waals surface area contributed by atoms with Crippen molar-refractivity contribution in [2.24, 2.45) is 7.05 Å². The fraction of sp³-hybridized carbons (Fsp3) is 0.200. The molecule has 120 valence electrons. The summed E-state index contributed by atoms with van der Waals surface area (Å²) in [5, 5.41) is 7.99. The van der Waals surface area contributed by atoms with Crippen LogP contribution in [0.5, 0.6) is 0 Å². The Labute approximate surface area is 137 Å². The normalized spacial score (nSPS) is 11.8. The SMILES string of the molecule is Cc1nn(C)c2sc(C(=O)Nc3cccc(S(C)(=O)=O)c3)cc12. The van der Waals surface area contributed by atoms with Gasteiger partial charge in [0.2, 0.25) is 0 Å². The van der Waals surface area contributed by atoms with Gasteiger partial charge in [-0.15, -0.1) is 11.3 Å². The molecular weight excluding hydrogens is 334 g/mol. The lowest BCUT2D eigenvalue weighted by Gasteiger charge is -2.05. The van der Waals surface area contributed by atoms with E-state index < -0.39 is 9.84 Å². The molecule has 0 radical (unpaired) electrons. The zero-order valence-electron chi connectivity index (χ0n) is 12.8. The molecule has 0 aliphatic heterocycles. The number of fused-ring (bicyclic) bond motifs is 1. The molecule has 2 heterocycles. The smallest absolute Gasteiger partial charge is 0.265 e. The molecule has 0 fully saturated rings. The zero-order chi connectivity index (χ0) is 16.8. The number of nitrogens with one attached hydrogen (secondary N) is 1. The Morgan fingerprint density at radius 2 is 2.04 bits per heavy atom. The second-order valence-electron chi connectivity index (χ2n) is 5.29. The highest BCUT2D eigenvalue weighted by Crippen LogP contribution is 2.28. The number of carbonyl (C=O) groups is 1. The number of benzene rings is 1. The Kier molecular flexibility index (Phi) is 3.73. The topological polar surface area (TPSA) is 81.1 Å². The lowest BCUT2D eigenvalue weighted by atomic mass is 10.3. The second-order valence-corrected chi connectivity index (χ2v) is 8.34. The maximum absolute atomic E-state index is 12.4. The molecular formula is C15H15N3O3S2. The first kappa shape index (κ1) is 15.7. The van der Waals surface area contributed by atoms with Crippen molar-refractivity contribution in [3.63, 3.8) is 0 Å². The highest BCUT2D eigenvalue weighted by molar-refractivity contribution is 7.90. The molecule has 3 aromatic rings. The molecule has 0 bridgehead atoms. The van der Waals surface area contributed by atoms with Crippen LogP contribution in [0.15, 0.2) is 35.2 Å². The maximum atomic E-state index is 12.4. The van der Waals surface area contributed by atoms with E-state index in [4.69, 9.17) is 0 Å². The minimum atomic E-state index is -3.31. The molecule has 6 nitrogen and oxygen atoms in total. The Hall–Kier alpha value is -2.19. The number of aryl methyl sites for hydroxylation is 2. The number of sulfone groups is 1. The molecule has 23 heavy (non-hydrogen) atoms. The lowest BCUT2D eigenvalue weighted by Crippen LogP contribution is -2.10. The van der Waals surface area contributed by atoms with Crippen LogP contribution in [0.1, 0.15) is 15.4 Å². The molecule has 0 spiro atoms. The van der Waals surface area contributed by atoms with E-state index >= 15 is 0 Å². The number of carbonyl (C=O) groups excluding carboxylic acids is 1. The molecule has 0 unspecified atom stereocenters. The first-order chi connectivity index (χ1) is 10.8. The summed E-state index contributed by atoms with van der Waals surface area (Å²) in [4.78, 5) is 14.0. The van der Waals surface area contributed by atoms with E-state index in [1.165, 1.54) is 23.5 Å². The number of nitrogens with zero attached hydrogens (tertiary/aromatic N) is 2. The van der Waals surface area contributed by atoms with Crippen LogP contribution in [0.3, 0.4) is 0 Å². The first-order valence-corrected chi connectivity index (χ1v) is 9.51. The third kappa shape index (κ3) is 2.99. The Balaban J connectivity index is 1.90. The van der Waals surface area contributed by atoms with Crippen molar-refractivity contribution in [1.29, 1.82) is 0 Å². The van der Waals surface area contributed by atoms with Crippen LogP contribution >= 0.6 is 11.3 Å². The van der Waals surface area contributed by atoms with Gasteiger partial charge in [-0.1, -0.05) is 6.07 Å². The number of anilines is 1. The number of rotatable bonds is 3. The molecule has 1 aromatic carbocycles. The number of hydrogen-bond donors (Lipinski definition) is 1. The third-order valence-corrected chi connectivity index (χ3v) is 5.75. The van der Waals surface area contributed by atoms with Crippen molar-refractivity contribution in [3.8, 4) is 0 Å². The molecule has 0 saturated heterocycles. The van der Waals surface area contributed by atoms with Crippen LogP contribution in [-0.4, -0.2) is 30.4 Å². The molecule has 0 aliphatic carbocycles. The van der Waals surface area contributed by atoms with Crippen LogP contribution < -0.4 is 5.32 Å². The van der Waals surface area contributed by atoms with Gasteiger partial charge in [-0.3, -0.25) is 9.48 Å². The van der Waals surface area contributed by atoms with Gasteiger partial charge < -0.3 is 5.32 Å².